The molecule has 0 bridgehead atoms. The number of nitrogens with zero attached hydrogens (tertiary/aromatic N) is 1. The molecule has 7 nitrogen and oxygen atoms in total. The average molecular weight is 360 g/mol. The molecule has 0 aliphatic rings. The second-order valence-electron chi connectivity index (χ2n) is 5.11. The Kier molecular flexibility index (Phi) is 6.13. The number of benzene rings is 2. The molecule has 130 valence electrons. The highest BCUT2D eigenvalue weighted by Gasteiger charge is 2.13. The molecule has 0 aliphatic carbocycles. The number of nitro benzene ring substituents is 1. The summed E-state index contributed by atoms with van der Waals surface area (Å²) in [5, 5.41) is 13.3. The molecule has 0 saturated carbocycles. The highest BCUT2D eigenvalue weighted by Crippen LogP contribution is 2.21. The van der Waals surface area contributed by atoms with Crippen molar-refractivity contribution >= 4 is 35.0 Å². The summed E-state index contributed by atoms with van der Waals surface area (Å²) in [6.45, 7) is 1.23. The summed E-state index contributed by atoms with van der Waals surface area (Å²) in [6, 6.07) is 11.0. The zero-order valence-electron chi connectivity index (χ0n) is 13.6. The first-order valence-corrected chi connectivity index (χ1v) is 8.49. The van der Waals surface area contributed by atoms with E-state index in [1.54, 1.807) is 43.0 Å². The molecule has 1 amide bonds. The maximum Gasteiger partial charge on any atom is 0.338 e. The van der Waals surface area contributed by atoms with Gasteiger partial charge in [0.1, 0.15) is 0 Å². The Morgan fingerprint density at radius 2 is 1.88 bits per heavy atom. The molecule has 0 aliphatic heterocycles. The lowest BCUT2D eigenvalue weighted by Gasteiger charge is -2.09. The third-order valence-corrected chi connectivity index (χ3v) is 4.11. The maximum absolute atomic E-state index is 11.9. The van der Waals surface area contributed by atoms with Crippen molar-refractivity contribution < 1.29 is 19.2 Å². The molecular weight excluding hydrogens is 344 g/mol. The quantitative estimate of drug-likeness (QED) is 0.367. The van der Waals surface area contributed by atoms with Gasteiger partial charge in [-0.05, 0) is 43.0 Å². The van der Waals surface area contributed by atoms with Crippen LogP contribution >= 0.6 is 11.8 Å². The van der Waals surface area contributed by atoms with Gasteiger partial charge in [-0.3, -0.25) is 14.9 Å². The summed E-state index contributed by atoms with van der Waals surface area (Å²) >= 11 is 1.55. The number of aryl methyl sites for hydroxylation is 1. The molecule has 0 unspecified atom stereocenters. The minimum atomic E-state index is -0.612. The van der Waals surface area contributed by atoms with E-state index in [1.807, 2.05) is 6.26 Å². The van der Waals surface area contributed by atoms with Gasteiger partial charge in [0.05, 0.1) is 16.2 Å². The molecule has 0 heterocycles. The van der Waals surface area contributed by atoms with Gasteiger partial charge >= 0.3 is 5.97 Å². The van der Waals surface area contributed by atoms with Crippen LogP contribution in [0.1, 0.15) is 15.9 Å². The van der Waals surface area contributed by atoms with Crippen LogP contribution in [0.4, 0.5) is 11.4 Å². The molecule has 0 spiro atoms. The second kappa shape index (κ2) is 8.29. The summed E-state index contributed by atoms with van der Waals surface area (Å²) in [5.41, 5.74) is 1.18. The molecule has 8 heteroatoms. The summed E-state index contributed by atoms with van der Waals surface area (Å²) < 4.78 is 4.96. The van der Waals surface area contributed by atoms with Crippen LogP contribution in [0.2, 0.25) is 0 Å². The monoisotopic (exact) mass is 360 g/mol. The topological polar surface area (TPSA) is 98.5 Å². The lowest BCUT2D eigenvalue weighted by atomic mass is 10.2. The van der Waals surface area contributed by atoms with Gasteiger partial charge in [-0.25, -0.2) is 4.79 Å². The third-order valence-electron chi connectivity index (χ3n) is 3.37. The van der Waals surface area contributed by atoms with E-state index < -0.39 is 23.4 Å². The van der Waals surface area contributed by atoms with Gasteiger partial charge in [-0.15, -0.1) is 11.8 Å². The Labute approximate surface area is 148 Å². The van der Waals surface area contributed by atoms with Crippen LogP contribution in [0, 0.1) is 17.0 Å². The summed E-state index contributed by atoms with van der Waals surface area (Å²) in [7, 11) is 0. The smallest absolute Gasteiger partial charge is 0.338 e. The summed E-state index contributed by atoms with van der Waals surface area (Å²) in [4.78, 5) is 35.1. The Morgan fingerprint density at radius 1 is 1.20 bits per heavy atom. The second-order valence-corrected chi connectivity index (χ2v) is 5.99. The molecule has 2 aromatic carbocycles. The number of thioether (sulfide) groups is 1. The van der Waals surface area contributed by atoms with Gasteiger partial charge < -0.3 is 10.1 Å². The lowest BCUT2D eigenvalue weighted by molar-refractivity contribution is -0.384. The van der Waals surface area contributed by atoms with Crippen molar-refractivity contribution in [1.82, 2.24) is 0 Å². The number of ether oxygens (including phenoxy) is 1. The van der Waals surface area contributed by atoms with Crippen molar-refractivity contribution in [3.63, 3.8) is 0 Å². The van der Waals surface area contributed by atoms with E-state index in [0.29, 0.717) is 16.8 Å². The molecule has 0 saturated heterocycles. The minimum Gasteiger partial charge on any atom is -0.452 e. The number of carbonyl (C=O) groups is 2. The van der Waals surface area contributed by atoms with Gasteiger partial charge in [-0.2, -0.15) is 0 Å². The fraction of sp³-hybridized carbons (Fsp3) is 0.176. The largest absolute Gasteiger partial charge is 0.452 e. The molecule has 0 aromatic heterocycles. The molecule has 0 fully saturated rings. The fourth-order valence-electron chi connectivity index (χ4n) is 1.99. The summed E-state index contributed by atoms with van der Waals surface area (Å²) in [6.07, 6.45) is 1.92. The van der Waals surface area contributed by atoms with Crippen molar-refractivity contribution in [2.75, 3.05) is 18.2 Å². The van der Waals surface area contributed by atoms with Crippen LogP contribution in [0.15, 0.2) is 47.4 Å². The zero-order chi connectivity index (χ0) is 18.4. The third kappa shape index (κ3) is 5.05. The van der Waals surface area contributed by atoms with Gasteiger partial charge in [0.25, 0.3) is 11.6 Å². The Bertz CT molecular complexity index is 805. The van der Waals surface area contributed by atoms with E-state index in [9.17, 15) is 19.7 Å². The molecule has 0 atom stereocenters. The number of nitrogens with one attached hydrogen (secondary N) is 1. The standard InChI is InChI=1S/C17H16N2O5S/c1-11-3-6-13(19(22)23)9-15(11)18-16(20)10-24-17(21)12-4-7-14(25-2)8-5-12/h3-9H,10H2,1-2H3,(H,18,20). The number of hydrogen-bond donors (Lipinski definition) is 1. The number of non-ortho nitro benzene ring substituents is 1. The number of nitro groups is 1. The van der Waals surface area contributed by atoms with Crippen LogP contribution in [-0.4, -0.2) is 29.7 Å². The van der Waals surface area contributed by atoms with E-state index in [4.69, 9.17) is 4.74 Å². The zero-order valence-corrected chi connectivity index (χ0v) is 14.5. The van der Waals surface area contributed by atoms with E-state index in [2.05, 4.69) is 5.32 Å². The molecule has 25 heavy (non-hydrogen) atoms. The van der Waals surface area contributed by atoms with Crippen LogP contribution < -0.4 is 5.32 Å². The number of hydrogen-bond acceptors (Lipinski definition) is 6. The van der Waals surface area contributed by atoms with Crippen molar-refractivity contribution in [3.8, 4) is 0 Å². The number of amides is 1. The minimum absolute atomic E-state index is 0.133. The van der Waals surface area contributed by atoms with Crippen LogP contribution in [0.3, 0.4) is 0 Å². The highest BCUT2D eigenvalue weighted by molar-refractivity contribution is 7.98. The number of rotatable bonds is 6. The van der Waals surface area contributed by atoms with Crippen molar-refractivity contribution in [3.05, 3.63) is 63.7 Å². The Morgan fingerprint density at radius 3 is 2.48 bits per heavy atom. The predicted octanol–water partition coefficient (Wildman–Crippen LogP) is 3.42. The van der Waals surface area contributed by atoms with Gasteiger partial charge in [0.2, 0.25) is 0 Å². The SMILES string of the molecule is CSc1ccc(C(=O)OCC(=O)Nc2cc([N+](=O)[O-])ccc2C)cc1. The van der Waals surface area contributed by atoms with Crippen LogP contribution in [0.25, 0.3) is 0 Å². The van der Waals surface area contributed by atoms with E-state index >= 15 is 0 Å². The van der Waals surface area contributed by atoms with Crippen molar-refractivity contribution in [2.45, 2.75) is 11.8 Å². The average Bonchev–Trinajstić information content (AvgIpc) is 2.61. The first-order chi connectivity index (χ1) is 11.9. The van der Waals surface area contributed by atoms with Crippen molar-refractivity contribution in [2.24, 2.45) is 0 Å². The summed E-state index contributed by atoms with van der Waals surface area (Å²) in [5.74, 6) is -1.18. The van der Waals surface area contributed by atoms with Gasteiger partial charge in [0, 0.05) is 17.0 Å². The van der Waals surface area contributed by atoms with Gasteiger partial charge in [0.15, 0.2) is 6.61 Å². The molecule has 0 radical (unpaired) electrons. The Hall–Kier alpha value is -2.87. The molecule has 2 rings (SSSR count). The van der Waals surface area contributed by atoms with E-state index in [1.165, 1.54) is 18.2 Å². The number of anilines is 1. The normalized spacial score (nSPS) is 10.2. The molecule has 2 aromatic rings. The fourth-order valence-corrected chi connectivity index (χ4v) is 2.39. The number of esters is 1. The predicted molar refractivity (Wildman–Crippen MR) is 95.0 cm³/mol. The molecule has 1 N–H and O–H groups in total. The maximum atomic E-state index is 11.9. The van der Waals surface area contributed by atoms with Crippen molar-refractivity contribution in [1.29, 1.82) is 0 Å². The lowest BCUT2D eigenvalue weighted by Crippen LogP contribution is -2.21. The first-order valence-electron chi connectivity index (χ1n) is 7.27. The Balaban J connectivity index is 1.95. The van der Waals surface area contributed by atoms with Crippen LogP contribution in [0.5, 0.6) is 0 Å². The van der Waals surface area contributed by atoms with Gasteiger partial charge in [-0.1, -0.05) is 6.07 Å². The van der Waals surface area contributed by atoms with E-state index in [-0.39, 0.29) is 5.69 Å². The number of carbonyl (C=O) groups excluding carboxylic acids is 2. The van der Waals surface area contributed by atoms with E-state index in [0.717, 1.165) is 4.90 Å². The molecular formula is C17H16N2O5S. The first kappa shape index (κ1) is 18.5. The van der Waals surface area contributed by atoms with Crippen LogP contribution in [-0.2, 0) is 9.53 Å². The highest BCUT2D eigenvalue weighted by atomic mass is 32.2.